The van der Waals surface area contributed by atoms with E-state index in [1.165, 1.54) is 0 Å². The quantitative estimate of drug-likeness (QED) is 0.913. The van der Waals surface area contributed by atoms with Gasteiger partial charge in [0.25, 0.3) is 0 Å². The molecule has 2 saturated carbocycles. The van der Waals surface area contributed by atoms with Gasteiger partial charge in [0.1, 0.15) is 5.52 Å². The van der Waals surface area contributed by atoms with E-state index in [1.807, 2.05) is 18.2 Å². The number of hydrogen-bond donors (Lipinski definition) is 2. The Morgan fingerprint density at radius 1 is 1.38 bits per heavy atom. The van der Waals surface area contributed by atoms with Crippen LogP contribution in [0, 0.1) is 0 Å². The van der Waals surface area contributed by atoms with Crippen molar-refractivity contribution < 1.29 is 9.21 Å². The summed E-state index contributed by atoms with van der Waals surface area (Å²) in [5.74, 6) is 1.20. The Morgan fingerprint density at radius 2 is 2.14 bits per heavy atom. The zero-order valence-electron chi connectivity index (χ0n) is 11.6. The van der Waals surface area contributed by atoms with Gasteiger partial charge in [-0.1, -0.05) is 0 Å². The molecule has 21 heavy (non-hydrogen) atoms. The number of fused-ring (bicyclic) bond motifs is 1. The van der Waals surface area contributed by atoms with Crippen LogP contribution in [0.2, 0.25) is 0 Å². The molecular formula is C15H18ClN3O2. The smallest absolute Gasteiger partial charge is 0.244 e. The summed E-state index contributed by atoms with van der Waals surface area (Å²) in [6.07, 6.45) is 4.86. The zero-order chi connectivity index (χ0) is 13.7. The molecule has 0 spiro atoms. The van der Waals surface area contributed by atoms with Gasteiger partial charge < -0.3 is 15.5 Å². The highest BCUT2D eigenvalue weighted by Crippen LogP contribution is 2.40. The Labute approximate surface area is 128 Å². The van der Waals surface area contributed by atoms with E-state index < -0.39 is 5.54 Å². The lowest BCUT2D eigenvalue weighted by atomic mass is 9.77. The van der Waals surface area contributed by atoms with Crippen LogP contribution < -0.4 is 11.1 Å². The predicted molar refractivity (Wildman–Crippen MR) is 82.6 cm³/mol. The van der Waals surface area contributed by atoms with Gasteiger partial charge in [-0.3, -0.25) is 4.79 Å². The van der Waals surface area contributed by atoms with Crippen molar-refractivity contribution in [2.75, 3.05) is 5.32 Å². The molecule has 3 N–H and O–H groups in total. The summed E-state index contributed by atoms with van der Waals surface area (Å²) < 4.78 is 5.70. The second-order valence-electron chi connectivity index (χ2n) is 5.97. The number of amides is 1. The SMILES string of the molecule is Cl.NC1(C(=O)Nc2ccc3oc(C4CC4)nc3c2)CCC1. The fourth-order valence-corrected chi connectivity index (χ4v) is 2.57. The Morgan fingerprint density at radius 3 is 2.76 bits per heavy atom. The molecular weight excluding hydrogens is 290 g/mol. The van der Waals surface area contributed by atoms with E-state index in [2.05, 4.69) is 10.3 Å². The molecule has 4 rings (SSSR count). The summed E-state index contributed by atoms with van der Waals surface area (Å²) in [4.78, 5) is 16.6. The number of rotatable bonds is 3. The van der Waals surface area contributed by atoms with Crippen LogP contribution in [0.5, 0.6) is 0 Å². The maximum absolute atomic E-state index is 12.1. The second-order valence-corrected chi connectivity index (χ2v) is 5.97. The van der Waals surface area contributed by atoms with Crippen LogP contribution in [-0.2, 0) is 4.79 Å². The van der Waals surface area contributed by atoms with Gasteiger partial charge in [-0.15, -0.1) is 12.4 Å². The topological polar surface area (TPSA) is 81.2 Å². The van der Waals surface area contributed by atoms with Crippen molar-refractivity contribution in [1.82, 2.24) is 4.98 Å². The van der Waals surface area contributed by atoms with Crippen LogP contribution >= 0.6 is 12.4 Å². The normalized spacial score (nSPS) is 19.7. The zero-order valence-corrected chi connectivity index (χ0v) is 12.4. The van der Waals surface area contributed by atoms with Gasteiger partial charge in [-0.25, -0.2) is 4.98 Å². The van der Waals surface area contributed by atoms with E-state index in [0.717, 1.165) is 54.8 Å². The Kier molecular flexibility index (Phi) is 3.42. The lowest BCUT2D eigenvalue weighted by Gasteiger charge is -2.36. The molecule has 0 bridgehead atoms. The maximum atomic E-state index is 12.1. The maximum Gasteiger partial charge on any atom is 0.244 e. The third-order valence-electron chi connectivity index (χ3n) is 4.29. The van der Waals surface area contributed by atoms with E-state index >= 15 is 0 Å². The molecule has 1 amide bonds. The van der Waals surface area contributed by atoms with Crippen molar-refractivity contribution >= 4 is 35.1 Å². The first-order chi connectivity index (χ1) is 9.64. The van der Waals surface area contributed by atoms with Gasteiger partial charge in [0.15, 0.2) is 11.5 Å². The van der Waals surface area contributed by atoms with E-state index in [4.69, 9.17) is 10.2 Å². The van der Waals surface area contributed by atoms with E-state index in [9.17, 15) is 4.79 Å². The van der Waals surface area contributed by atoms with Crippen LogP contribution in [0.1, 0.15) is 43.9 Å². The van der Waals surface area contributed by atoms with Gasteiger partial charge in [-0.05, 0) is 50.3 Å². The molecule has 1 heterocycles. The minimum absolute atomic E-state index is 0. The van der Waals surface area contributed by atoms with Crippen LogP contribution in [0.3, 0.4) is 0 Å². The number of aromatic nitrogens is 1. The van der Waals surface area contributed by atoms with Crippen molar-refractivity contribution in [2.45, 2.75) is 43.6 Å². The molecule has 2 fully saturated rings. The molecule has 0 aliphatic heterocycles. The highest BCUT2D eigenvalue weighted by molar-refractivity contribution is 5.99. The summed E-state index contributed by atoms with van der Waals surface area (Å²) in [5, 5.41) is 2.89. The predicted octanol–water partition coefficient (Wildman–Crippen LogP) is 2.95. The molecule has 112 valence electrons. The minimum Gasteiger partial charge on any atom is -0.440 e. The lowest BCUT2D eigenvalue weighted by Crippen LogP contribution is -2.56. The first kappa shape index (κ1) is 14.4. The molecule has 2 aliphatic carbocycles. The third-order valence-corrected chi connectivity index (χ3v) is 4.29. The standard InChI is InChI=1S/C15H17N3O2.ClH/c16-15(6-1-7-15)14(19)17-10-4-5-12-11(8-10)18-13(20-12)9-2-3-9;/h4-5,8-9H,1-3,6-7,16H2,(H,17,19);1H. The number of anilines is 1. The average molecular weight is 308 g/mol. The summed E-state index contributed by atoms with van der Waals surface area (Å²) >= 11 is 0. The van der Waals surface area contributed by atoms with E-state index in [0.29, 0.717) is 5.92 Å². The van der Waals surface area contributed by atoms with Gasteiger partial charge in [-0.2, -0.15) is 0 Å². The third kappa shape index (κ3) is 2.51. The summed E-state index contributed by atoms with van der Waals surface area (Å²) in [6.45, 7) is 0. The molecule has 1 aromatic heterocycles. The molecule has 2 aromatic rings. The van der Waals surface area contributed by atoms with Crippen LogP contribution in [0.15, 0.2) is 22.6 Å². The van der Waals surface area contributed by atoms with Crippen LogP contribution in [-0.4, -0.2) is 16.4 Å². The van der Waals surface area contributed by atoms with Crippen LogP contribution in [0.4, 0.5) is 5.69 Å². The number of oxazole rings is 1. The number of benzene rings is 1. The Hall–Kier alpha value is -1.59. The summed E-state index contributed by atoms with van der Waals surface area (Å²) in [5.41, 5.74) is 7.63. The second kappa shape index (κ2) is 5.00. The molecule has 6 heteroatoms. The lowest BCUT2D eigenvalue weighted by molar-refractivity contribution is -0.123. The molecule has 0 saturated heterocycles. The van der Waals surface area contributed by atoms with Crippen molar-refractivity contribution in [3.8, 4) is 0 Å². The number of nitrogens with two attached hydrogens (primary N) is 1. The monoisotopic (exact) mass is 307 g/mol. The highest BCUT2D eigenvalue weighted by atomic mass is 35.5. The first-order valence-electron chi connectivity index (χ1n) is 7.15. The fraction of sp³-hybridized carbons (Fsp3) is 0.467. The summed E-state index contributed by atoms with van der Waals surface area (Å²) in [7, 11) is 0. The molecule has 2 aliphatic rings. The molecule has 0 unspecified atom stereocenters. The number of carbonyl (C=O) groups excluding carboxylic acids is 1. The van der Waals surface area contributed by atoms with Crippen molar-refractivity contribution in [2.24, 2.45) is 5.73 Å². The largest absolute Gasteiger partial charge is 0.440 e. The van der Waals surface area contributed by atoms with Crippen molar-refractivity contribution in [3.05, 3.63) is 24.1 Å². The summed E-state index contributed by atoms with van der Waals surface area (Å²) in [6, 6.07) is 5.54. The van der Waals surface area contributed by atoms with Crippen LogP contribution in [0.25, 0.3) is 11.1 Å². The minimum atomic E-state index is -0.683. The average Bonchev–Trinajstić information content (AvgIpc) is 3.16. The van der Waals surface area contributed by atoms with E-state index in [1.54, 1.807) is 0 Å². The molecule has 0 radical (unpaired) electrons. The molecule has 0 atom stereocenters. The fourth-order valence-electron chi connectivity index (χ4n) is 2.57. The first-order valence-corrected chi connectivity index (χ1v) is 7.15. The number of halogens is 1. The highest BCUT2D eigenvalue weighted by Gasteiger charge is 2.40. The number of nitrogens with zero attached hydrogens (tertiary/aromatic N) is 1. The molecule has 1 aromatic carbocycles. The van der Waals surface area contributed by atoms with Gasteiger partial charge in [0.2, 0.25) is 5.91 Å². The van der Waals surface area contributed by atoms with Gasteiger partial charge >= 0.3 is 0 Å². The number of hydrogen-bond acceptors (Lipinski definition) is 4. The number of nitrogens with one attached hydrogen (secondary N) is 1. The molecule has 5 nitrogen and oxygen atoms in total. The Balaban J connectivity index is 0.00000132. The Bertz CT molecular complexity index is 689. The van der Waals surface area contributed by atoms with Crippen molar-refractivity contribution in [3.63, 3.8) is 0 Å². The van der Waals surface area contributed by atoms with Crippen molar-refractivity contribution in [1.29, 1.82) is 0 Å². The number of carbonyl (C=O) groups is 1. The van der Waals surface area contributed by atoms with Gasteiger partial charge in [0, 0.05) is 11.6 Å². The van der Waals surface area contributed by atoms with Gasteiger partial charge in [0.05, 0.1) is 5.54 Å². The van der Waals surface area contributed by atoms with E-state index in [-0.39, 0.29) is 18.3 Å².